The van der Waals surface area contributed by atoms with Crippen LogP contribution in [0.3, 0.4) is 0 Å². The predicted octanol–water partition coefficient (Wildman–Crippen LogP) is 0.508. The second kappa shape index (κ2) is 4.21. The van der Waals surface area contributed by atoms with Crippen molar-refractivity contribution in [3.05, 3.63) is 0 Å². The normalized spacial score (nSPS) is 17.5. The van der Waals surface area contributed by atoms with Crippen molar-refractivity contribution in [2.24, 2.45) is 0 Å². The van der Waals surface area contributed by atoms with Gasteiger partial charge in [0.25, 0.3) is 0 Å². The smallest absolute Gasteiger partial charge is 0.0741 e. The minimum absolute atomic E-state index is 0.503. The number of rotatable bonds is 5. The van der Waals surface area contributed by atoms with Gasteiger partial charge in [0.05, 0.1) is 11.2 Å². The molecular weight excluding hydrogens is 154 g/mol. The average Bonchev–Trinajstić information content (AvgIpc) is 1.84. The number of hydrogen-bond acceptors (Lipinski definition) is 3. The van der Waals surface area contributed by atoms with E-state index in [1.165, 1.54) is 0 Å². The Morgan fingerprint density at radius 1 is 1.08 bits per heavy atom. The molecule has 0 aromatic carbocycles. The lowest BCUT2D eigenvalue weighted by molar-refractivity contribution is 0.0394. The van der Waals surface area contributed by atoms with Crippen molar-refractivity contribution >= 4 is 0 Å². The number of hydrogen-bond donors (Lipinski definition) is 3. The summed E-state index contributed by atoms with van der Waals surface area (Å²) >= 11 is 0. The van der Waals surface area contributed by atoms with Crippen molar-refractivity contribution < 1.29 is 10.2 Å². The fourth-order valence-electron chi connectivity index (χ4n) is 0.763. The van der Waals surface area contributed by atoms with Gasteiger partial charge in [-0.15, -0.1) is 0 Å². The van der Waals surface area contributed by atoms with E-state index in [-0.39, 0.29) is 0 Å². The van der Waals surface area contributed by atoms with Crippen LogP contribution in [-0.2, 0) is 0 Å². The highest BCUT2D eigenvalue weighted by atomic mass is 16.3. The Balaban J connectivity index is 3.57. The second-order valence-corrected chi connectivity index (χ2v) is 4.27. The Hall–Kier alpha value is -0.120. The van der Waals surface area contributed by atoms with E-state index in [2.05, 4.69) is 5.32 Å². The third kappa shape index (κ3) is 6.58. The van der Waals surface area contributed by atoms with E-state index in [4.69, 9.17) is 0 Å². The topological polar surface area (TPSA) is 52.5 Å². The lowest BCUT2D eigenvalue weighted by atomic mass is 10.0. The molecule has 0 spiro atoms. The van der Waals surface area contributed by atoms with Crippen molar-refractivity contribution in [3.63, 3.8) is 0 Å². The van der Waals surface area contributed by atoms with Crippen molar-refractivity contribution in [2.75, 3.05) is 13.1 Å². The Kier molecular flexibility index (Phi) is 4.17. The molecule has 0 aromatic rings. The van der Waals surface area contributed by atoms with E-state index in [9.17, 15) is 10.2 Å². The van der Waals surface area contributed by atoms with Gasteiger partial charge in [0, 0.05) is 13.1 Å². The molecular formula is C9H21NO2. The molecule has 0 heterocycles. The lowest BCUT2D eigenvalue weighted by Crippen LogP contribution is -2.43. The third-order valence-corrected chi connectivity index (χ3v) is 1.83. The van der Waals surface area contributed by atoms with Crippen LogP contribution >= 0.6 is 0 Å². The van der Waals surface area contributed by atoms with Crippen LogP contribution in [0.5, 0.6) is 0 Å². The SMILES string of the molecule is CCC(C)(O)CNCC(C)(C)O. The molecule has 74 valence electrons. The zero-order chi connectivity index (χ0) is 9.83. The highest BCUT2D eigenvalue weighted by molar-refractivity contribution is 4.76. The maximum Gasteiger partial charge on any atom is 0.0741 e. The minimum atomic E-state index is -0.705. The quantitative estimate of drug-likeness (QED) is 0.570. The first-order chi connectivity index (χ1) is 5.27. The zero-order valence-corrected chi connectivity index (χ0v) is 8.52. The molecule has 0 bridgehead atoms. The fraction of sp³-hybridized carbons (Fsp3) is 1.00. The first kappa shape index (κ1) is 11.9. The monoisotopic (exact) mass is 175 g/mol. The number of nitrogens with one attached hydrogen (secondary N) is 1. The summed E-state index contributed by atoms with van der Waals surface area (Å²) < 4.78 is 0. The van der Waals surface area contributed by atoms with Crippen LogP contribution in [0, 0.1) is 0 Å². The summed E-state index contributed by atoms with van der Waals surface area (Å²) in [6.07, 6.45) is 0.714. The summed E-state index contributed by atoms with van der Waals surface area (Å²) in [7, 11) is 0. The van der Waals surface area contributed by atoms with E-state index in [0.717, 1.165) is 0 Å². The fourth-order valence-corrected chi connectivity index (χ4v) is 0.763. The van der Waals surface area contributed by atoms with Gasteiger partial charge in [-0.1, -0.05) is 6.92 Å². The van der Waals surface area contributed by atoms with Gasteiger partial charge in [0.15, 0.2) is 0 Å². The van der Waals surface area contributed by atoms with E-state index in [0.29, 0.717) is 19.5 Å². The molecule has 0 aliphatic carbocycles. The second-order valence-electron chi connectivity index (χ2n) is 4.27. The Bertz CT molecular complexity index is 127. The van der Waals surface area contributed by atoms with Gasteiger partial charge in [0.1, 0.15) is 0 Å². The molecule has 3 heteroatoms. The van der Waals surface area contributed by atoms with E-state index in [1.807, 2.05) is 6.92 Å². The van der Waals surface area contributed by atoms with Crippen LogP contribution in [0.1, 0.15) is 34.1 Å². The lowest BCUT2D eigenvalue weighted by Gasteiger charge is -2.24. The summed E-state index contributed by atoms with van der Waals surface area (Å²) in [5.74, 6) is 0. The number of aliphatic hydroxyl groups is 2. The molecule has 0 fully saturated rings. The Morgan fingerprint density at radius 3 is 1.92 bits per heavy atom. The first-order valence-electron chi connectivity index (χ1n) is 4.42. The van der Waals surface area contributed by atoms with Crippen LogP contribution in [-0.4, -0.2) is 34.5 Å². The standard InChI is InChI=1S/C9H21NO2/c1-5-9(4,12)7-10-6-8(2,3)11/h10-12H,5-7H2,1-4H3. The Labute approximate surface area is 74.8 Å². The minimum Gasteiger partial charge on any atom is -0.389 e. The van der Waals surface area contributed by atoms with E-state index >= 15 is 0 Å². The van der Waals surface area contributed by atoms with Gasteiger partial charge in [0.2, 0.25) is 0 Å². The van der Waals surface area contributed by atoms with Crippen LogP contribution in [0.25, 0.3) is 0 Å². The van der Waals surface area contributed by atoms with Crippen LogP contribution in [0.15, 0.2) is 0 Å². The maximum absolute atomic E-state index is 9.58. The predicted molar refractivity (Wildman–Crippen MR) is 50.1 cm³/mol. The molecule has 1 atom stereocenters. The van der Waals surface area contributed by atoms with Crippen molar-refractivity contribution in [3.8, 4) is 0 Å². The summed E-state index contributed by atoms with van der Waals surface area (Å²) in [5, 5.41) is 21.9. The van der Waals surface area contributed by atoms with E-state index in [1.54, 1.807) is 20.8 Å². The van der Waals surface area contributed by atoms with Crippen LogP contribution in [0.2, 0.25) is 0 Å². The summed E-state index contributed by atoms with van der Waals surface area (Å²) in [6.45, 7) is 8.22. The molecule has 3 N–H and O–H groups in total. The van der Waals surface area contributed by atoms with Gasteiger partial charge in [-0.25, -0.2) is 0 Å². The van der Waals surface area contributed by atoms with E-state index < -0.39 is 11.2 Å². The van der Waals surface area contributed by atoms with Crippen molar-refractivity contribution in [1.29, 1.82) is 0 Å². The van der Waals surface area contributed by atoms with Gasteiger partial charge in [-0.05, 0) is 27.2 Å². The molecule has 1 unspecified atom stereocenters. The average molecular weight is 175 g/mol. The first-order valence-corrected chi connectivity index (χ1v) is 4.42. The molecule has 12 heavy (non-hydrogen) atoms. The molecule has 0 saturated carbocycles. The molecule has 0 aliphatic rings. The van der Waals surface area contributed by atoms with Gasteiger partial charge in [-0.3, -0.25) is 0 Å². The Morgan fingerprint density at radius 2 is 1.58 bits per heavy atom. The zero-order valence-electron chi connectivity index (χ0n) is 8.52. The highest BCUT2D eigenvalue weighted by Gasteiger charge is 2.18. The summed E-state index contributed by atoms with van der Waals surface area (Å²) in [4.78, 5) is 0. The molecule has 3 nitrogen and oxygen atoms in total. The molecule has 0 amide bonds. The maximum atomic E-state index is 9.58. The van der Waals surface area contributed by atoms with Crippen molar-refractivity contribution in [1.82, 2.24) is 5.32 Å². The van der Waals surface area contributed by atoms with Gasteiger partial charge in [-0.2, -0.15) is 0 Å². The van der Waals surface area contributed by atoms with Crippen molar-refractivity contribution in [2.45, 2.75) is 45.3 Å². The van der Waals surface area contributed by atoms with Crippen LogP contribution < -0.4 is 5.32 Å². The molecule has 0 saturated heterocycles. The van der Waals surface area contributed by atoms with Gasteiger partial charge < -0.3 is 15.5 Å². The molecule has 0 radical (unpaired) electrons. The summed E-state index contributed by atoms with van der Waals surface area (Å²) in [5.41, 5.74) is -1.37. The van der Waals surface area contributed by atoms with Crippen LogP contribution in [0.4, 0.5) is 0 Å². The molecule has 0 rings (SSSR count). The van der Waals surface area contributed by atoms with Gasteiger partial charge >= 0.3 is 0 Å². The summed E-state index contributed by atoms with van der Waals surface area (Å²) in [6, 6.07) is 0. The highest BCUT2D eigenvalue weighted by Crippen LogP contribution is 2.06. The largest absolute Gasteiger partial charge is 0.389 e. The third-order valence-electron chi connectivity index (χ3n) is 1.83. The molecule has 0 aromatic heterocycles. The molecule has 0 aliphatic heterocycles.